The number of carbonyl (C=O) groups is 1. The molecule has 0 spiro atoms. The predicted molar refractivity (Wildman–Crippen MR) is 65.8 cm³/mol. The van der Waals surface area contributed by atoms with E-state index in [-0.39, 0.29) is 12.2 Å². The highest BCUT2D eigenvalue weighted by atomic mass is 16.7. The third-order valence-corrected chi connectivity index (χ3v) is 4.00. The summed E-state index contributed by atoms with van der Waals surface area (Å²) >= 11 is 0. The lowest BCUT2D eigenvalue weighted by atomic mass is 9.80. The van der Waals surface area contributed by atoms with E-state index in [2.05, 4.69) is 13.8 Å². The van der Waals surface area contributed by atoms with Gasteiger partial charge in [0.05, 0.1) is 0 Å². The molecule has 3 nitrogen and oxygen atoms in total. The molecular formula is C14H24O3. The topological polar surface area (TPSA) is 35.5 Å². The average Bonchev–Trinajstić information content (AvgIpc) is 2.28. The van der Waals surface area contributed by atoms with Crippen LogP contribution in [0, 0.1) is 11.8 Å². The molecule has 2 rings (SSSR count). The fourth-order valence-electron chi connectivity index (χ4n) is 3.06. The summed E-state index contributed by atoms with van der Waals surface area (Å²) in [5.41, 5.74) is 0. The van der Waals surface area contributed by atoms with E-state index in [0.29, 0.717) is 5.92 Å². The van der Waals surface area contributed by atoms with E-state index in [1.54, 1.807) is 0 Å². The summed E-state index contributed by atoms with van der Waals surface area (Å²) in [7, 11) is 0. The summed E-state index contributed by atoms with van der Waals surface area (Å²) < 4.78 is 10.7. The smallest absolute Gasteiger partial charge is 0.431 e. The number of rotatable bonds is 4. The lowest BCUT2D eigenvalue weighted by Gasteiger charge is -2.39. The summed E-state index contributed by atoms with van der Waals surface area (Å²) in [4.78, 5) is 11.4. The molecule has 98 valence electrons. The molecule has 1 aliphatic heterocycles. The lowest BCUT2D eigenvalue weighted by molar-refractivity contribution is -0.116. The molecule has 3 heteroatoms. The van der Waals surface area contributed by atoms with Gasteiger partial charge in [0, 0.05) is 5.92 Å². The van der Waals surface area contributed by atoms with Crippen LogP contribution in [0.1, 0.15) is 58.8 Å². The molecule has 0 amide bonds. The van der Waals surface area contributed by atoms with Crippen LogP contribution in [-0.4, -0.2) is 18.4 Å². The van der Waals surface area contributed by atoms with Gasteiger partial charge < -0.3 is 9.47 Å². The Balaban J connectivity index is 1.87. The number of hydrogen-bond acceptors (Lipinski definition) is 3. The second-order valence-corrected chi connectivity index (χ2v) is 5.84. The zero-order valence-electron chi connectivity index (χ0n) is 11.0. The molecule has 2 fully saturated rings. The molecule has 0 aromatic carbocycles. The van der Waals surface area contributed by atoms with E-state index in [4.69, 9.17) is 9.47 Å². The minimum Gasteiger partial charge on any atom is -0.431 e. The molecule has 1 aliphatic carbocycles. The van der Waals surface area contributed by atoms with Gasteiger partial charge in [-0.05, 0) is 38.0 Å². The molecule has 1 saturated heterocycles. The number of carbonyl (C=O) groups excluding carboxylic acids is 1. The van der Waals surface area contributed by atoms with Crippen molar-refractivity contribution in [3.05, 3.63) is 0 Å². The van der Waals surface area contributed by atoms with E-state index in [9.17, 15) is 4.79 Å². The van der Waals surface area contributed by atoms with Crippen molar-refractivity contribution in [1.29, 1.82) is 0 Å². The fourth-order valence-corrected chi connectivity index (χ4v) is 3.06. The maximum absolute atomic E-state index is 11.4. The first kappa shape index (κ1) is 12.7. The quantitative estimate of drug-likeness (QED) is 0.699. The normalized spacial score (nSPS) is 32.9. The van der Waals surface area contributed by atoms with Gasteiger partial charge in [-0.25, -0.2) is 4.79 Å². The minimum absolute atomic E-state index is 0.111. The van der Waals surface area contributed by atoms with Crippen molar-refractivity contribution in [2.24, 2.45) is 11.8 Å². The Morgan fingerprint density at radius 2 is 2.00 bits per heavy atom. The Morgan fingerprint density at radius 3 is 2.76 bits per heavy atom. The Kier molecular flexibility index (Phi) is 4.30. The molecule has 0 radical (unpaired) electrons. The van der Waals surface area contributed by atoms with Crippen LogP contribution in [0.25, 0.3) is 0 Å². The van der Waals surface area contributed by atoms with Crippen LogP contribution < -0.4 is 0 Å². The highest BCUT2D eigenvalue weighted by molar-refractivity contribution is 5.61. The lowest BCUT2D eigenvalue weighted by Crippen LogP contribution is -2.45. The zero-order chi connectivity index (χ0) is 12.3. The Labute approximate surface area is 104 Å². The van der Waals surface area contributed by atoms with Crippen LogP contribution in [0.15, 0.2) is 0 Å². The molecule has 0 bridgehead atoms. The van der Waals surface area contributed by atoms with Gasteiger partial charge in [-0.2, -0.15) is 0 Å². The Hall–Kier alpha value is -0.730. The van der Waals surface area contributed by atoms with Crippen LogP contribution in [0.3, 0.4) is 0 Å². The first-order valence-corrected chi connectivity index (χ1v) is 7.04. The Bertz CT molecular complexity index is 262. The van der Waals surface area contributed by atoms with Crippen molar-refractivity contribution in [3.63, 3.8) is 0 Å². The highest BCUT2D eigenvalue weighted by Crippen LogP contribution is 2.36. The number of ether oxygens (including phenoxy) is 2. The van der Waals surface area contributed by atoms with Gasteiger partial charge >= 0.3 is 6.16 Å². The summed E-state index contributed by atoms with van der Waals surface area (Å²) in [6, 6.07) is 0. The third kappa shape index (κ3) is 3.36. The summed E-state index contributed by atoms with van der Waals surface area (Å²) in [5.74, 6) is 1.18. The van der Waals surface area contributed by atoms with Crippen molar-refractivity contribution in [1.82, 2.24) is 0 Å². The molecule has 1 saturated carbocycles. The number of fused-ring (bicyclic) bond motifs is 1. The zero-order valence-corrected chi connectivity index (χ0v) is 11.0. The Morgan fingerprint density at radius 1 is 1.24 bits per heavy atom. The summed E-state index contributed by atoms with van der Waals surface area (Å²) in [6.07, 6.45) is 7.80. The maximum Gasteiger partial charge on any atom is 0.508 e. The molecule has 0 N–H and O–H groups in total. The third-order valence-electron chi connectivity index (χ3n) is 4.00. The molecule has 0 aromatic heterocycles. The maximum atomic E-state index is 11.4. The van der Waals surface area contributed by atoms with E-state index in [0.717, 1.165) is 31.6 Å². The number of cyclic esters (lactones) is 1. The molecular weight excluding hydrogens is 216 g/mol. The molecule has 1 heterocycles. The van der Waals surface area contributed by atoms with Crippen LogP contribution >= 0.6 is 0 Å². The van der Waals surface area contributed by atoms with Crippen molar-refractivity contribution < 1.29 is 14.3 Å². The molecule has 0 aromatic rings. The standard InChI is InChI=1S/C14H24O3/c1-10(2)6-5-9-13-11-7-3-4-8-12(11)16-14(15)17-13/h10-13H,3-9H2,1-2H3. The SMILES string of the molecule is CC(C)CCCC1OC(=O)OC2CCCCC21. The first-order valence-electron chi connectivity index (χ1n) is 7.04. The predicted octanol–water partition coefficient (Wildman–Crippen LogP) is 3.91. The van der Waals surface area contributed by atoms with Gasteiger partial charge in [0.15, 0.2) is 0 Å². The first-order chi connectivity index (χ1) is 8.16. The van der Waals surface area contributed by atoms with Gasteiger partial charge in [-0.3, -0.25) is 0 Å². The van der Waals surface area contributed by atoms with E-state index in [1.807, 2.05) is 0 Å². The van der Waals surface area contributed by atoms with Gasteiger partial charge in [0.1, 0.15) is 12.2 Å². The van der Waals surface area contributed by atoms with Gasteiger partial charge in [-0.1, -0.05) is 26.7 Å². The van der Waals surface area contributed by atoms with Crippen LogP contribution in [0.2, 0.25) is 0 Å². The van der Waals surface area contributed by atoms with Gasteiger partial charge in [0.25, 0.3) is 0 Å². The number of hydrogen-bond donors (Lipinski definition) is 0. The van der Waals surface area contributed by atoms with Crippen molar-refractivity contribution in [2.75, 3.05) is 0 Å². The largest absolute Gasteiger partial charge is 0.508 e. The van der Waals surface area contributed by atoms with Crippen LogP contribution in [0.5, 0.6) is 0 Å². The van der Waals surface area contributed by atoms with Crippen LogP contribution in [0.4, 0.5) is 4.79 Å². The molecule has 2 aliphatic rings. The van der Waals surface area contributed by atoms with Gasteiger partial charge in [-0.15, -0.1) is 0 Å². The van der Waals surface area contributed by atoms with Gasteiger partial charge in [0.2, 0.25) is 0 Å². The van der Waals surface area contributed by atoms with E-state index < -0.39 is 6.16 Å². The monoisotopic (exact) mass is 240 g/mol. The van der Waals surface area contributed by atoms with E-state index >= 15 is 0 Å². The van der Waals surface area contributed by atoms with Crippen LogP contribution in [-0.2, 0) is 9.47 Å². The summed E-state index contributed by atoms with van der Waals surface area (Å²) in [6.45, 7) is 4.47. The fraction of sp³-hybridized carbons (Fsp3) is 0.929. The average molecular weight is 240 g/mol. The minimum atomic E-state index is -0.442. The molecule has 17 heavy (non-hydrogen) atoms. The summed E-state index contributed by atoms with van der Waals surface area (Å²) in [5, 5.41) is 0. The highest BCUT2D eigenvalue weighted by Gasteiger charge is 2.40. The molecule has 3 unspecified atom stereocenters. The second-order valence-electron chi connectivity index (χ2n) is 5.84. The van der Waals surface area contributed by atoms with Crippen molar-refractivity contribution >= 4 is 6.16 Å². The molecule has 3 atom stereocenters. The second kappa shape index (κ2) is 5.74. The van der Waals surface area contributed by atoms with E-state index in [1.165, 1.54) is 19.3 Å². The van der Waals surface area contributed by atoms with Crippen molar-refractivity contribution in [3.8, 4) is 0 Å². The van der Waals surface area contributed by atoms with Crippen molar-refractivity contribution in [2.45, 2.75) is 71.0 Å².